The molecule has 0 bridgehead atoms. The van der Waals surface area contributed by atoms with E-state index in [9.17, 15) is 14.0 Å². The molecule has 0 radical (unpaired) electrons. The van der Waals surface area contributed by atoms with Crippen molar-refractivity contribution in [1.29, 1.82) is 0 Å². The van der Waals surface area contributed by atoms with Gasteiger partial charge in [-0.25, -0.2) is 9.18 Å². The molecule has 7 heteroatoms. The van der Waals surface area contributed by atoms with Gasteiger partial charge >= 0.3 is 5.97 Å². The van der Waals surface area contributed by atoms with Crippen LogP contribution in [-0.2, 0) is 4.79 Å². The number of aliphatic carboxylic acids is 1. The lowest BCUT2D eigenvalue weighted by atomic mass is 10.0. The minimum atomic E-state index is -1.15. The van der Waals surface area contributed by atoms with Crippen LogP contribution >= 0.6 is 23.2 Å². The molecule has 1 atom stereocenters. The third kappa shape index (κ3) is 4.35. The number of nitrogens with one attached hydrogen (secondary N) is 1. The number of carboxylic acids is 1. The van der Waals surface area contributed by atoms with Crippen molar-refractivity contribution in [2.45, 2.75) is 26.3 Å². The number of carboxylic acid groups (broad SMARTS) is 1. The number of amides is 1. The lowest BCUT2D eigenvalue weighted by Crippen LogP contribution is -2.41. The first-order valence-corrected chi connectivity index (χ1v) is 6.66. The van der Waals surface area contributed by atoms with Gasteiger partial charge in [-0.3, -0.25) is 4.79 Å². The van der Waals surface area contributed by atoms with Crippen molar-refractivity contribution < 1.29 is 19.1 Å². The number of rotatable bonds is 5. The van der Waals surface area contributed by atoms with Gasteiger partial charge in [0.2, 0.25) is 0 Å². The van der Waals surface area contributed by atoms with E-state index in [2.05, 4.69) is 5.32 Å². The van der Waals surface area contributed by atoms with E-state index in [1.54, 1.807) is 0 Å². The molecule has 1 rings (SSSR count). The monoisotopic (exact) mass is 321 g/mol. The van der Waals surface area contributed by atoms with Crippen molar-refractivity contribution in [2.24, 2.45) is 5.92 Å². The molecule has 0 aromatic heterocycles. The van der Waals surface area contributed by atoms with Gasteiger partial charge in [-0.15, -0.1) is 0 Å². The normalized spacial score (nSPS) is 12.3. The number of carbonyl (C=O) groups excluding carboxylic acids is 1. The Hall–Kier alpha value is -1.33. The maximum atomic E-state index is 13.3. The fourth-order valence-corrected chi connectivity index (χ4v) is 2.09. The molecule has 0 fully saturated rings. The molecule has 4 nitrogen and oxygen atoms in total. The highest BCUT2D eigenvalue weighted by Gasteiger charge is 2.23. The molecule has 1 aromatic rings. The minimum Gasteiger partial charge on any atom is -0.480 e. The number of carbonyl (C=O) groups is 2. The molecular formula is C13H14Cl2FNO3. The minimum absolute atomic E-state index is 0.0393. The quantitative estimate of drug-likeness (QED) is 0.817. The molecule has 0 aliphatic carbocycles. The van der Waals surface area contributed by atoms with Crippen LogP contribution in [0.1, 0.15) is 30.6 Å². The highest BCUT2D eigenvalue weighted by molar-refractivity contribution is 6.36. The second-order valence-corrected chi connectivity index (χ2v) is 5.55. The Bertz CT molecular complexity index is 535. The van der Waals surface area contributed by atoms with Crippen molar-refractivity contribution in [1.82, 2.24) is 5.32 Å². The molecule has 0 aliphatic rings. The van der Waals surface area contributed by atoms with E-state index in [0.717, 1.165) is 12.1 Å². The van der Waals surface area contributed by atoms with E-state index < -0.39 is 23.7 Å². The average Bonchev–Trinajstić information content (AvgIpc) is 2.32. The van der Waals surface area contributed by atoms with Crippen molar-refractivity contribution in [2.75, 3.05) is 0 Å². The first-order valence-electron chi connectivity index (χ1n) is 5.90. The molecule has 110 valence electrons. The van der Waals surface area contributed by atoms with Gasteiger partial charge in [0, 0.05) is 0 Å². The standard InChI is InChI=1S/C13H14Cl2FNO3/c1-6(2)3-11(13(19)20)17-12(18)7-4-10(16)9(15)5-8(7)14/h4-6,11H,3H2,1-2H3,(H,17,18)(H,19,20)/t11-/m1/s1. The zero-order valence-corrected chi connectivity index (χ0v) is 12.4. The average molecular weight is 322 g/mol. The third-order valence-electron chi connectivity index (χ3n) is 2.57. The molecule has 0 spiro atoms. The van der Waals surface area contributed by atoms with Crippen molar-refractivity contribution in [3.05, 3.63) is 33.6 Å². The van der Waals surface area contributed by atoms with E-state index in [4.69, 9.17) is 28.3 Å². The second kappa shape index (κ2) is 6.90. The summed E-state index contributed by atoms with van der Waals surface area (Å²) in [7, 11) is 0. The van der Waals surface area contributed by atoms with Gasteiger partial charge in [-0.05, 0) is 24.5 Å². The van der Waals surface area contributed by atoms with Crippen LogP contribution in [0.3, 0.4) is 0 Å². The van der Waals surface area contributed by atoms with Gasteiger partial charge < -0.3 is 10.4 Å². The summed E-state index contributed by atoms with van der Waals surface area (Å²) >= 11 is 11.3. The largest absolute Gasteiger partial charge is 0.480 e. The fourth-order valence-electron chi connectivity index (χ4n) is 1.63. The Kier molecular flexibility index (Phi) is 5.77. The van der Waals surface area contributed by atoms with E-state index in [-0.39, 0.29) is 27.9 Å². The fraction of sp³-hybridized carbons (Fsp3) is 0.385. The zero-order chi connectivity index (χ0) is 15.4. The Labute approximate surface area is 125 Å². The highest BCUT2D eigenvalue weighted by Crippen LogP contribution is 2.24. The molecular weight excluding hydrogens is 308 g/mol. The van der Waals surface area contributed by atoms with Gasteiger partial charge in [0.05, 0.1) is 15.6 Å². The van der Waals surface area contributed by atoms with Crippen LogP contribution in [0.15, 0.2) is 12.1 Å². The second-order valence-electron chi connectivity index (χ2n) is 4.74. The summed E-state index contributed by atoms with van der Waals surface area (Å²) < 4.78 is 13.3. The lowest BCUT2D eigenvalue weighted by Gasteiger charge is -2.17. The van der Waals surface area contributed by atoms with Crippen LogP contribution < -0.4 is 5.32 Å². The van der Waals surface area contributed by atoms with Crippen LogP contribution in [-0.4, -0.2) is 23.0 Å². The summed E-state index contributed by atoms with van der Waals surface area (Å²) in [6.07, 6.45) is 0.259. The number of halogens is 3. The van der Waals surface area contributed by atoms with Crippen molar-refractivity contribution >= 4 is 35.1 Å². The van der Waals surface area contributed by atoms with E-state index in [1.165, 1.54) is 0 Å². The highest BCUT2D eigenvalue weighted by atomic mass is 35.5. The SMILES string of the molecule is CC(C)C[C@@H](NC(=O)c1cc(F)c(Cl)cc1Cl)C(=O)O. The predicted octanol–water partition coefficient (Wildman–Crippen LogP) is 3.36. The summed E-state index contributed by atoms with van der Waals surface area (Å²) in [6.45, 7) is 3.66. The Morgan fingerprint density at radius 1 is 1.30 bits per heavy atom. The summed E-state index contributed by atoms with van der Waals surface area (Å²) in [5.74, 6) is -2.62. The molecule has 0 unspecified atom stereocenters. The molecule has 0 saturated carbocycles. The molecule has 2 N–H and O–H groups in total. The smallest absolute Gasteiger partial charge is 0.326 e. The Morgan fingerprint density at radius 3 is 2.40 bits per heavy atom. The number of benzene rings is 1. The van der Waals surface area contributed by atoms with E-state index in [1.807, 2.05) is 13.8 Å². The molecule has 0 heterocycles. The lowest BCUT2D eigenvalue weighted by molar-refractivity contribution is -0.139. The zero-order valence-electron chi connectivity index (χ0n) is 10.9. The van der Waals surface area contributed by atoms with Gasteiger partial charge in [-0.2, -0.15) is 0 Å². The van der Waals surface area contributed by atoms with Gasteiger partial charge in [0.25, 0.3) is 5.91 Å². The maximum Gasteiger partial charge on any atom is 0.326 e. The first-order chi connectivity index (χ1) is 9.22. The topological polar surface area (TPSA) is 66.4 Å². The van der Waals surface area contributed by atoms with Gasteiger partial charge in [0.15, 0.2) is 0 Å². The van der Waals surface area contributed by atoms with Crippen LogP contribution in [0.25, 0.3) is 0 Å². The van der Waals surface area contributed by atoms with E-state index in [0.29, 0.717) is 0 Å². The van der Waals surface area contributed by atoms with Crippen LogP contribution in [0.2, 0.25) is 10.0 Å². The van der Waals surface area contributed by atoms with Crippen molar-refractivity contribution in [3.8, 4) is 0 Å². The molecule has 1 amide bonds. The van der Waals surface area contributed by atoms with Crippen LogP contribution in [0.5, 0.6) is 0 Å². The first kappa shape index (κ1) is 16.7. The number of hydrogen-bond donors (Lipinski definition) is 2. The van der Waals surface area contributed by atoms with Gasteiger partial charge in [-0.1, -0.05) is 37.0 Å². The summed E-state index contributed by atoms with van der Waals surface area (Å²) in [6, 6.07) is 0.928. The van der Waals surface area contributed by atoms with Gasteiger partial charge in [0.1, 0.15) is 11.9 Å². The Morgan fingerprint density at radius 2 is 1.90 bits per heavy atom. The van der Waals surface area contributed by atoms with E-state index >= 15 is 0 Å². The van der Waals surface area contributed by atoms with Crippen molar-refractivity contribution in [3.63, 3.8) is 0 Å². The molecule has 1 aromatic carbocycles. The maximum absolute atomic E-state index is 13.3. The molecule has 0 aliphatic heterocycles. The number of hydrogen-bond acceptors (Lipinski definition) is 2. The third-order valence-corrected chi connectivity index (χ3v) is 3.17. The van der Waals surface area contributed by atoms with Crippen LogP contribution in [0.4, 0.5) is 4.39 Å². The molecule has 20 heavy (non-hydrogen) atoms. The summed E-state index contributed by atoms with van der Waals surface area (Å²) in [4.78, 5) is 23.0. The predicted molar refractivity (Wildman–Crippen MR) is 74.8 cm³/mol. The Balaban J connectivity index is 2.95. The summed E-state index contributed by atoms with van der Waals surface area (Å²) in [5, 5.41) is 11.1. The summed E-state index contributed by atoms with van der Waals surface area (Å²) in [5.41, 5.74) is -0.149. The van der Waals surface area contributed by atoms with Crippen LogP contribution in [0, 0.1) is 11.7 Å². The molecule has 0 saturated heterocycles.